The molecular weight excluding hydrogens is 280 g/mol. The predicted octanol–water partition coefficient (Wildman–Crippen LogP) is 2.13. The highest BCUT2D eigenvalue weighted by atomic mass is 16.6. The first kappa shape index (κ1) is 14.0. The molecular formula is C17H14N2O3. The molecule has 2 aromatic rings. The molecule has 22 heavy (non-hydrogen) atoms. The second kappa shape index (κ2) is 6.19. The van der Waals surface area contributed by atoms with E-state index in [-0.39, 0.29) is 12.0 Å². The van der Waals surface area contributed by atoms with Crippen LogP contribution in [0.15, 0.2) is 48.5 Å². The lowest BCUT2D eigenvalue weighted by atomic mass is 10.1. The number of hydrogen-bond acceptors (Lipinski definition) is 4. The van der Waals surface area contributed by atoms with Gasteiger partial charge < -0.3 is 14.8 Å². The SMILES string of the molecule is N#Cc1cccc(C(=O)NCC2COc3ccccc3O2)c1. The highest BCUT2D eigenvalue weighted by molar-refractivity contribution is 5.94. The maximum atomic E-state index is 12.1. The van der Waals surface area contributed by atoms with Gasteiger partial charge in [-0.1, -0.05) is 18.2 Å². The highest BCUT2D eigenvalue weighted by Gasteiger charge is 2.21. The quantitative estimate of drug-likeness (QED) is 0.941. The summed E-state index contributed by atoms with van der Waals surface area (Å²) >= 11 is 0. The highest BCUT2D eigenvalue weighted by Crippen LogP contribution is 2.30. The minimum absolute atomic E-state index is 0.237. The minimum Gasteiger partial charge on any atom is -0.486 e. The molecule has 110 valence electrons. The zero-order valence-corrected chi connectivity index (χ0v) is 11.8. The van der Waals surface area contributed by atoms with Crippen LogP contribution in [0.1, 0.15) is 15.9 Å². The second-order valence-electron chi connectivity index (χ2n) is 4.90. The Kier molecular flexibility index (Phi) is 3.92. The van der Waals surface area contributed by atoms with Crippen molar-refractivity contribution in [3.63, 3.8) is 0 Å². The molecule has 0 radical (unpaired) electrons. The molecule has 0 saturated heterocycles. The smallest absolute Gasteiger partial charge is 0.251 e. The lowest BCUT2D eigenvalue weighted by Crippen LogP contribution is -2.40. The number of ether oxygens (including phenoxy) is 2. The Balaban J connectivity index is 1.59. The van der Waals surface area contributed by atoms with E-state index in [9.17, 15) is 4.79 Å². The van der Waals surface area contributed by atoms with Gasteiger partial charge in [0, 0.05) is 5.56 Å². The van der Waals surface area contributed by atoms with Gasteiger partial charge >= 0.3 is 0 Å². The Morgan fingerprint density at radius 3 is 2.86 bits per heavy atom. The van der Waals surface area contributed by atoms with E-state index in [2.05, 4.69) is 5.32 Å². The maximum Gasteiger partial charge on any atom is 0.251 e. The average Bonchev–Trinajstić information content (AvgIpc) is 2.59. The van der Waals surface area contributed by atoms with E-state index < -0.39 is 0 Å². The number of nitrogens with zero attached hydrogens (tertiary/aromatic N) is 1. The number of para-hydroxylation sites is 2. The van der Waals surface area contributed by atoms with Crippen LogP contribution in [0.5, 0.6) is 11.5 Å². The summed E-state index contributed by atoms with van der Waals surface area (Å²) in [5.74, 6) is 1.16. The Bertz CT molecular complexity index is 737. The van der Waals surface area contributed by atoms with Gasteiger partial charge in [0.25, 0.3) is 5.91 Å². The molecule has 1 amide bonds. The van der Waals surface area contributed by atoms with Crippen LogP contribution in [-0.4, -0.2) is 25.2 Å². The fraction of sp³-hybridized carbons (Fsp3) is 0.176. The number of hydrogen-bond donors (Lipinski definition) is 1. The zero-order valence-electron chi connectivity index (χ0n) is 11.8. The van der Waals surface area contributed by atoms with Crippen molar-refractivity contribution in [2.24, 2.45) is 0 Å². The van der Waals surface area contributed by atoms with Gasteiger partial charge in [-0.25, -0.2) is 0 Å². The summed E-state index contributed by atoms with van der Waals surface area (Å²) in [7, 11) is 0. The molecule has 0 fully saturated rings. The van der Waals surface area contributed by atoms with E-state index in [1.165, 1.54) is 0 Å². The maximum absolute atomic E-state index is 12.1. The third kappa shape index (κ3) is 3.01. The molecule has 1 atom stereocenters. The van der Waals surface area contributed by atoms with Crippen molar-refractivity contribution in [3.8, 4) is 17.6 Å². The number of rotatable bonds is 3. The van der Waals surface area contributed by atoms with Gasteiger partial charge in [0.1, 0.15) is 12.7 Å². The van der Waals surface area contributed by atoms with Crippen LogP contribution in [0.25, 0.3) is 0 Å². The Labute approximate surface area is 128 Å². The normalized spacial score (nSPS) is 15.7. The Morgan fingerprint density at radius 1 is 1.23 bits per heavy atom. The summed E-state index contributed by atoms with van der Waals surface area (Å²) in [4.78, 5) is 12.1. The summed E-state index contributed by atoms with van der Waals surface area (Å²) in [6.45, 7) is 0.722. The minimum atomic E-state index is -0.238. The first-order valence-electron chi connectivity index (χ1n) is 6.93. The van der Waals surface area contributed by atoms with Crippen molar-refractivity contribution in [2.45, 2.75) is 6.10 Å². The van der Waals surface area contributed by atoms with Crippen molar-refractivity contribution < 1.29 is 14.3 Å². The van der Waals surface area contributed by atoms with Crippen molar-refractivity contribution in [2.75, 3.05) is 13.2 Å². The van der Waals surface area contributed by atoms with Gasteiger partial charge in [0.2, 0.25) is 0 Å². The standard InChI is InChI=1S/C17H14N2O3/c18-9-12-4-3-5-13(8-12)17(20)19-10-14-11-21-15-6-1-2-7-16(15)22-14/h1-8,14H,10-11H2,(H,19,20). The number of nitriles is 1. The molecule has 0 aromatic heterocycles. The molecule has 1 heterocycles. The fourth-order valence-corrected chi connectivity index (χ4v) is 2.20. The van der Waals surface area contributed by atoms with E-state index in [0.717, 1.165) is 0 Å². The van der Waals surface area contributed by atoms with Crippen molar-refractivity contribution in [3.05, 3.63) is 59.7 Å². The van der Waals surface area contributed by atoms with Crippen LogP contribution in [0.2, 0.25) is 0 Å². The van der Waals surface area contributed by atoms with Gasteiger partial charge in [-0.3, -0.25) is 4.79 Å². The van der Waals surface area contributed by atoms with Gasteiger partial charge in [0.05, 0.1) is 18.2 Å². The van der Waals surface area contributed by atoms with Gasteiger partial charge in [-0.05, 0) is 30.3 Å². The predicted molar refractivity (Wildman–Crippen MR) is 79.8 cm³/mol. The summed E-state index contributed by atoms with van der Waals surface area (Å²) in [6.07, 6.45) is -0.238. The van der Waals surface area contributed by atoms with Crippen molar-refractivity contribution in [1.82, 2.24) is 5.32 Å². The molecule has 1 aliphatic rings. The number of benzene rings is 2. The van der Waals surface area contributed by atoms with Crippen LogP contribution in [0.4, 0.5) is 0 Å². The molecule has 0 saturated carbocycles. The van der Waals surface area contributed by atoms with Crippen molar-refractivity contribution >= 4 is 5.91 Å². The second-order valence-corrected chi connectivity index (χ2v) is 4.90. The summed E-state index contributed by atoms with van der Waals surface area (Å²) in [5.41, 5.74) is 0.912. The molecule has 5 nitrogen and oxygen atoms in total. The number of carbonyl (C=O) groups excluding carboxylic acids is 1. The molecule has 5 heteroatoms. The summed E-state index contributed by atoms with van der Waals surface area (Å²) < 4.78 is 11.4. The van der Waals surface area contributed by atoms with E-state index in [4.69, 9.17) is 14.7 Å². The monoisotopic (exact) mass is 294 g/mol. The lowest BCUT2D eigenvalue weighted by Gasteiger charge is -2.26. The van der Waals surface area contributed by atoms with Gasteiger partial charge in [-0.15, -0.1) is 0 Å². The summed E-state index contributed by atoms with van der Waals surface area (Å²) in [6, 6.07) is 16.0. The third-order valence-corrected chi connectivity index (χ3v) is 3.31. The Morgan fingerprint density at radius 2 is 2.05 bits per heavy atom. The van der Waals surface area contributed by atoms with Crippen LogP contribution >= 0.6 is 0 Å². The number of carbonyl (C=O) groups is 1. The van der Waals surface area contributed by atoms with Crippen LogP contribution < -0.4 is 14.8 Å². The average molecular weight is 294 g/mol. The topological polar surface area (TPSA) is 71.4 Å². The molecule has 1 N–H and O–H groups in total. The number of fused-ring (bicyclic) bond motifs is 1. The molecule has 0 bridgehead atoms. The summed E-state index contributed by atoms with van der Waals surface area (Å²) in [5, 5.41) is 11.6. The molecule has 2 aromatic carbocycles. The fourth-order valence-electron chi connectivity index (χ4n) is 2.20. The largest absolute Gasteiger partial charge is 0.486 e. The zero-order chi connectivity index (χ0) is 15.4. The van der Waals surface area contributed by atoms with E-state index >= 15 is 0 Å². The first-order chi connectivity index (χ1) is 10.8. The molecule has 1 aliphatic heterocycles. The Hall–Kier alpha value is -3.00. The van der Waals surface area contributed by atoms with E-state index in [0.29, 0.717) is 35.8 Å². The molecule has 0 spiro atoms. The molecule has 0 aliphatic carbocycles. The number of nitrogens with one attached hydrogen (secondary N) is 1. The molecule has 3 rings (SSSR count). The van der Waals surface area contributed by atoms with Crippen LogP contribution in [0.3, 0.4) is 0 Å². The van der Waals surface area contributed by atoms with Crippen molar-refractivity contribution in [1.29, 1.82) is 5.26 Å². The van der Waals surface area contributed by atoms with E-state index in [1.807, 2.05) is 30.3 Å². The van der Waals surface area contributed by atoms with Gasteiger partial charge in [0.15, 0.2) is 11.5 Å². The molecule has 1 unspecified atom stereocenters. The van der Waals surface area contributed by atoms with Gasteiger partial charge in [-0.2, -0.15) is 5.26 Å². The lowest BCUT2D eigenvalue weighted by molar-refractivity contribution is 0.0789. The first-order valence-corrected chi connectivity index (χ1v) is 6.93. The van der Waals surface area contributed by atoms with E-state index in [1.54, 1.807) is 24.3 Å². The third-order valence-electron chi connectivity index (χ3n) is 3.31. The van der Waals surface area contributed by atoms with Crippen LogP contribution in [-0.2, 0) is 0 Å². The number of amides is 1. The van der Waals surface area contributed by atoms with Crippen LogP contribution in [0, 0.1) is 11.3 Å².